The normalized spacial score (nSPS) is 29.3. The van der Waals surface area contributed by atoms with E-state index >= 15 is 0 Å². The van der Waals surface area contributed by atoms with E-state index in [4.69, 9.17) is 0 Å². The lowest BCUT2D eigenvalue weighted by molar-refractivity contribution is 0.281. The molecule has 21 heavy (non-hydrogen) atoms. The Balaban J connectivity index is 1.60. The molecule has 0 saturated heterocycles. The van der Waals surface area contributed by atoms with Crippen molar-refractivity contribution in [3.05, 3.63) is 35.2 Å². The second-order valence-electron chi connectivity index (χ2n) is 6.97. The van der Waals surface area contributed by atoms with Gasteiger partial charge in [0.15, 0.2) is 0 Å². The number of rotatable bonds is 5. The molecule has 1 nitrogen and oxygen atoms in total. The van der Waals surface area contributed by atoms with Crippen molar-refractivity contribution in [2.45, 2.75) is 45.1 Å². The highest BCUT2D eigenvalue weighted by molar-refractivity contribution is 7.17. The fourth-order valence-electron chi connectivity index (χ4n) is 4.83. The summed E-state index contributed by atoms with van der Waals surface area (Å²) >= 11 is 1.90. The molecule has 4 atom stereocenters. The van der Waals surface area contributed by atoms with Crippen LogP contribution in [0.2, 0.25) is 0 Å². The molecule has 0 radical (unpaired) electrons. The van der Waals surface area contributed by atoms with Crippen LogP contribution in [0.5, 0.6) is 0 Å². The van der Waals surface area contributed by atoms with Crippen LogP contribution >= 0.6 is 11.3 Å². The van der Waals surface area contributed by atoms with Gasteiger partial charge in [0.1, 0.15) is 0 Å². The summed E-state index contributed by atoms with van der Waals surface area (Å²) in [6, 6.07) is 9.62. The van der Waals surface area contributed by atoms with Crippen molar-refractivity contribution < 1.29 is 0 Å². The monoisotopic (exact) mass is 299 g/mol. The summed E-state index contributed by atoms with van der Waals surface area (Å²) in [5, 5.41) is 7.42. The third kappa shape index (κ3) is 2.53. The molecular weight excluding hydrogens is 274 g/mol. The average molecular weight is 299 g/mol. The van der Waals surface area contributed by atoms with Crippen LogP contribution in [0.15, 0.2) is 29.6 Å². The van der Waals surface area contributed by atoms with Gasteiger partial charge in [0.25, 0.3) is 0 Å². The van der Waals surface area contributed by atoms with E-state index < -0.39 is 0 Å². The van der Waals surface area contributed by atoms with Gasteiger partial charge in [-0.2, -0.15) is 0 Å². The van der Waals surface area contributed by atoms with Crippen LogP contribution < -0.4 is 5.32 Å². The van der Waals surface area contributed by atoms with E-state index in [1.807, 2.05) is 11.3 Å². The summed E-state index contributed by atoms with van der Waals surface area (Å²) in [5.74, 6) is 3.04. The lowest BCUT2D eigenvalue weighted by atomic mass is 9.82. The summed E-state index contributed by atoms with van der Waals surface area (Å²) in [4.78, 5) is 0. The first-order chi connectivity index (χ1) is 10.3. The van der Waals surface area contributed by atoms with Crippen LogP contribution in [-0.4, -0.2) is 6.54 Å². The highest BCUT2D eigenvalue weighted by Crippen LogP contribution is 2.51. The van der Waals surface area contributed by atoms with Gasteiger partial charge in [0.2, 0.25) is 0 Å². The lowest BCUT2D eigenvalue weighted by Gasteiger charge is -2.28. The number of thiophene rings is 1. The maximum atomic E-state index is 3.77. The Morgan fingerprint density at radius 3 is 2.95 bits per heavy atom. The van der Waals surface area contributed by atoms with Crippen molar-refractivity contribution in [3.63, 3.8) is 0 Å². The smallest absolute Gasteiger partial charge is 0.0390 e. The van der Waals surface area contributed by atoms with Crippen molar-refractivity contribution in [3.8, 4) is 0 Å². The van der Waals surface area contributed by atoms with Crippen LogP contribution in [0, 0.1) is 17.8 Å². The first kappa shape index (κ1) is 13.8. The molecule has 0 amide bonds. The van der Waals surface area contributed by atoms with E-state index in [1.165, 1.54) is 47.8 Å². The van der Waals surface area contributed by atoms with Gasteiger partial charge in [-0.1, -0.05) is 31.5 Å². The van der Waals surface area contributed by atoms with Gasteiger partial charge < -0.3 is 5.32 Å². The summed E-state index contributed by atoms with van der Waals surface area (Å²) in [7, 11) is 0. The maximum Gasteiger partial charge on any atom is 0.0390 e. The Hall–Kier alpha value is -0.860. The maximum absolute atomic E-state index is 3.77. The number of benzene rings is 1. The third-order valence-electron chi connectivity index (χ3n) is 5.76. The van der Waals surface area contributed by atoms with Crippen LogP contribution in [0.3, 0.4) is 0 Å². The molecule has 2 saturated carbocycles. The molecule has 1 aromatic heterocycles. The van der Waals surface area contributed by atoms with Crippen molar-refractivity contribution in [2.75, 3.05) is 6.54 Å². The van der Waals surface area contributed by atoms with E-state index in [-0.39, 0.29) is 0 Å². The topological polar surface area (TPSA) is 12.0 Å². The molecule has 4 unspecified atom stereocenters. The van der Waals surface area contributed by atoms with Gasteiger partial charge in [-0.05, 0) is 72.4 Å². The lowest BCUT2D eigenvalue weighted by Crippen LogP contribution is -2.25. The molecule has 2 aliphatic rings. The van der Waals surface area contributed by atoms with E-state index in [9.17, 15) is 0 Å². The fraction of sp³-hybridized carbons (Fsp3) is 0.579. The van der Waals surface area contributed by atoms with Crippen LogP contribution in [0.25, 0.3) is 10.1 Å². The van der Waals surface area contributed by atoms with Crippen molar-refractivity contribution in [1.29, 1.82) is 0 Å². The zero-order valence-electron chi connectivity index (χ0n) is 12.8. The Bertz CT molecular complexity index is 617. The zero-order valence-corrected chi connectivity index (χ0v) is 13.7. The molecule has 1 aromatic carbocycles. The molecule has 0 aliphatic heterocycles. The first-order valence-corrected chi connectivity index (χ1v) is 9.42. The minimum atomic E-state index is 0.543. The van der Waals surface area contributed by atoms with Gasteiger partial charge >= 0.3 is 0 Å². The van der Waals surface area contributed by atoms with Gasteiger partial charge in [-0.15, -0.1) is 11.3 Å². The van der Waals surface area contributed by atoms with Gasteiger partial charge in [0.05, 0.1) is 0 Å². The van der Waals surface area contributed by atoms with Crippen LogP contribution in [-0.2, 0) is 0 Å². The summed E-state index contributed by atoms with van der Waals surface area (Å²) < 4.78 is 1.49. The number of fused-ring (bicyclic) bond motifs is 3. The zero-order chi connectivity index (χ0) is 14.2. The molecule has 4 rings (SSSR count). The minimum absolute atomic E-state index is 0.543. The molecule has 1 N–H and O–H groups in total. The van der Waals surface area contributed by atoms with Crippen LogP contribution in [0.4, 0.5) is 0 Å². The van der Waals surface area contributed by atoms with Crippen LogP contribution in [0.1, 0.15) is 50.6 Å². The molecule has 1 heterocycles. The molecule has 2 aromatic rings. The van der Waals surface area contributed by atoms with Crippen molar-refractivity contribution in [2.24, 2.45) is 17.8 Å². The molecule has 2 aliphatic carbocycles. The molecular formula is C19H25NS. The first-order valence-electron chi connectivity index (χ1n) is 8.54. The Kier molecular flexibility index (Phi) is 3.76. The molecule has 2 heteroatoms. The van der Waals surface area contributed by atoms with Crippen molar-refractivity contribution in [1.82, 2.24) is 5.32 Å². The molecule has 0 spiro atoms. The van der Waals surface area contributed by atoms with Gasteiger partial charge in [-0.25, -0.2) is 0 Å². The largest absolute Gasteiger partial charge is 0.310 e. The van der Waals surface area contributed by atoms with E-state index in [0.717, 1.165) is 24.3 Å². The quantitative estimate of drug-likeness (QED) is 0.781. The third-order valence-corrected chi connectivity index (χ3v) is 6.74. The van der Waals surface area contributed by atoms with Crippen molar-refractivity contribution >= 4 is 21.4 Å². The molecule has 2 fully saturated rings. The standard InChI is InChI=1S/C19H25NS/c1-2-20-18(12-16-11-13-6-7-15(16)10-13)17-5-3-4-14-8-9-21-19(14)17/h3-5,8-9,13,15-16,18,20H,2,6-7,10-12H2,1H3. The Morgan fingerprint density at radius 2 is 2.19 bits per heavy atom. The minimum Gasteiger partial charge on any atom is -0.310 e. The Morgan fingerprint density at radius 1 is 1.24 bits per heavy atom. The molecule has 2 bridgehead atoms. The summed E-state index contributed by atoms with van der Waals surface area (Å²) in [6.07, 6.45) is 7.36. The van der Waals surface area contributed by atoms with E-state index in [0.29, 0.717) is 6.04 Å². The summed E-state index contributed by atoms with van der Waals surface area (Å²) in [6.45, 7) is 3.30. The Labute approximate surface area is 131 Å². The van der Waals surface area contributed by atoms with Gasteiger partial charge in [0, 0.05) is 10.7 Å². The second kappa shape index (κ2) is 5.73. The highest BCUT2D eigenvalue weighted by atomic mass is 32.1. The SMILES string of the molecule is CCNC(CC1CC2CCC1C2)c1cccc2ccsc12. The predicted octanol–water partition coefficient (Wildman–Crippen LogP) is 5.38. The average Bonchev–Trinajstić information content (AvgIpc) is 3.22. The number of hydrogen-bond acceptors (Lipinski definition) is 2. The predicted molar refractivity (Wildman–Crippen MR) is 91.8 cm³/mol. The number of hydrogen-bond donors (Lipinski definition) is 1. The fourth-order valence-corrected chi connectivity index (χ4v) is 5.79. The van der Waals surface area contributed by atoms with E-state index in [2.05, 4.69) is 41.9 Å². The second-order valence-corrected chi connectivity index (χ2v) is 7.88. The van der Waals surface area contributed by atoms with Gasteiger partial charge in [-0.3, -0.25) is 0 Å². The molecule has 112 valence electrons. The van der Waals surface area contributed by atoms with E-state index in [1.54, 1.807) is 0 Å². The highest BCUT2D eigenvalue weighted by Gasteiger charge is 2.40. The number of nitrogens with one attached hydrogen (secondary N) is 1. The summed E-state index contributed by atoms with van der Waals surface area (Å²) in [5.41, 5.74) is 1.53.